The van der Waals surface area contributed by atoms with Crippen LogP contribution in [0.25, 0.3) is 21.9 Å². The Hall–Kier alpha value is -3.85. The highest BCUT2D eigenvalue weighted by Crippen LogP contribution is 2.36. The van der Waals surface area contributed by atoms with Crippen LogP contribution in [0.4, 0.5) is 5.69 Å². The molecular formula is C22H19N3O3. The van der Waals surface area contributed by atoms with Gasteiger partial charge in [0.15, 0.2) is 0 Å². The fourth-order valence-corrected chi connectivity index (χ4v) is 2.89. The van der Waals surface area contributed by atoms with Crippen molar-refractivity contribution >= 4 is 22.4 Å². The second-order valence-corrected chi connectivity index (χ2v) is 6.07. The number of methoxy groups -OCH3 is 2. The molecule has 0 fully saturated rings. The molecule has 28 heavy (non-hydrogen) atoms. The minimum Gasteiger partial charge on any atom is -0.495 e. The van der Waals surface area contributed by atoms with E-state index in [1.807, 2.05) is 42.5 Å². The number of anilines is 1. The summed E-state index contributed by atoms with van der Waals surface area (Å²) in [4.78, 5) is 15.8. The summed E-state index contributed by atoms with van der Waals surface area (Å²) in [5.41, 5.74) is 3.20. The van der Waals surface area contributed by atoms with Crippen molar-refractivity contribution in [3.8, 4) is 22.9 Å². The smallest absolute Gasteiger partial charge is 0.356 e. The van der Waals surface area contributed by atoms with Gasteiger partial charge >= 0.3 is 5.97 Å². The van der Waals surface area contributed by atoms with Gasteiger partial charge in [0.1, 0.15) is 11.4 Å². The van der Waals surface area contributed by atoms with Gasteiger partial charge in [0.2, 0.25) is 0 Å². The number of carbonyl (C=O) groups excluding carboxylic acids is 1. The van der Waals surface area contributed by atoms with Crippen LogP contribution in [0.2, 0.25) is 0 Å². The molecule has 0 aliphatic rings. The third kappa shape index (κ3) is 3.79. The number of carbonyl (C=O) groups is 1. The lowest BCUT2D eigenvalue weighted by Gasteiger charge is -2.15. The largest absolute Gasteiger partial charge is 0.495 e. The Balaban J connectivity index is 2.10. The van der Waals surface area contributed by atoms with Gasteiger partial charge < -0.3 is 14.8 Å². The first-order valence-corrected chi connectivity index (χ1v) is 8.54. The van der Waals surface area contributed by atoms with E-state index in [9.17, 15) is 4.79 Å². The zero-order valence-corrected chi connectivity index (χ0v) is 15.7. The first-order chi connectivity index (χ1) is 13.6. The van der Waals surface area contributed by atoms with E-state index >= 15 is 0 Å². The SMILES string of the molecule is C=C(C#N)CNc1c(OC)ccc2ccc(-c3ccnc(C(=O)OC)c3)cc12. The predicted molar refractivity (Wildman–Crippen MR) is 108 cm³/mol. The van der Waals surface area contributed by atoms with Gasteiger partial charge in [0.05, 0.1) is 26.0 Å². The summed E-state index contributed by atoms with van der Waals surface area (Å²) in [7, 11) is 2.92. The van der Waals surface area contributed by atoms with Gasteiger partial charge in [-0.1, -0.05) is 24.8 Å². The van der Waals surface area contributed by atoms with Crippen LogP contribution in [-0.2, 0) is 4.74 Å². The Kier molecular flexibility index (Phi) is 5.56. The van der Waals surface area contributed by atoms with Crippen LogP contribution in [0, 0.1) is 11.3 Å². The average molecular weight is 373 g/mol. The summed E-state index contributed by atoms with van der Waals surface area (Å²) in [6.07, 6.45) is 1.58. The van der Waals surface area contributed by atoms with E-state index in [-0.39, 0.29) is 5.69 Å². The summed E-state index contributed by atoms with van der Waals surface area (Å²) in [6.45, 7) is 4.03. The number of hydrogen-bond acceptors (Lipinski definition) is 6. The Morgan fingerprint density at radius 1 is 1.18 bits per heavy atom. The number of ether oxygens (including phenoxy) is 2. The monoisotopic (exact) mass is 373 g/mol. The number of pyridine rings is 1. The molecule has 1 aromatic heterocycles. The highest BCUT2D eigenvalue weighted by Gasteiger charge is 2.12. The molecule has 2 aromatic carbocycles. The van der Waals surface area contributed by atoms with Crippen molar-refractivity contribution in [2.24, 2.45) is 0 Å². The van der Waals surface area contributed by atoms with Gasteiger partial charge in [-0.25, -0.2) is 9.78 Å². The van der Waals surface area contributed by atoms with Crippen LogP contribution in [0.15, 0.2) is 60.8 Å². The molecule has 0 amide bonds. The van der Waals surface area contributed by atoms with Gasteiger partial charge in [-0.2, -0.15) is 5.26 Å². The molecule has 0 saturated carbocycles. The van der Waals surface area contributed by atoms with E-state index in [0.717, 1.165) is 27.6 Å². The molecule has 1 heterocycles. The van der Waals surface area contributed by atoms with E-state index in [1.54, 1.807) is 19.4 Å². The number of aromatic nitrogens is 1. The molecule has 0 atom stereocenters. The van der Waals surface area contributed by atoms with Crippen molar-refractivity contribution in [2.75, 3.05) is 26.1 Å². The van der Waals surface area contributed by atoms with Gasteiger partial charge in [-0.05, 0) is 40.8 Å². The maximum atomic E-state index is 11.8. The molecule has 0 bridgehead atoms. The molecule has 6 heteroatoms. The number of nitrogens with one attached hydrogen (secondary N) is 1. The Labute approximate surface area is 163 Å². The lowest BCUT2D eigenvalue weighted by molar-refractivity contribution is 0.0594. The minimum absolute atomic E-state index is 0.245. The number of esters is 1. The van der Waals surface area contributed by atoms with Crippen LogP contribution >= 0.6 is 0 Å². The molecular weight excluding hydrogens is 354 g/mol. The predicted octanol–water partition coefficient (Wildman–Crippen LogP) is 4.19. The summed E-state index contributed by atoms with van der Waals surface area (Å²) in [6, 6.07) is 15.4. The van der Waals surface area contributed by atoms with E-state index in [2.05, 4.69) is 16.9 Å². The van der Waals surface area contributed by atoms with Crippen molar-refractivity contribution in [2.45, 2.75) is 0 Å². The number of nitriles is 1. The molecule has 1 N–H and O–H groups in total. The first-order valence-electron chi connectivity index (χ1n) is 8.54. The Morgan fingerprint density at radius 2 is 1.93 bits per heavy atom. The first kappa shape index (κ1) is 18.9. The maximum Gasteiger partial charge on any atom is 0.356 e. The Morgan fingerprint density at radius 3 is 2.64 bits per heavy atom. The molecule has 0 unspecified atom stereocenters. The second kappa shape index (κ2) is 8.23. The molecule has 0 aliphatic carbocycles. The Bertz CT molecular complexity index is 1100. The third-order valence-corrected chi connectivity index (χ3v) is 4.33. The standard InChI is InChI=1S/C22H19N3O3/c1-14(12-23)13-25-21-18-10-16(5-4-15(18)6-7-20(21)27-2)17-8-9-24-19(11-17)22(26)28-3/h4-11,25H,1,13H2,2-3H3. The van der Waals surface area contributed by atoms with Crippen LogP contribution in [-0.4, -0.2) is 31.7 Å². The molecule has 6 nitrogen and oxygen atoms in total. The highest BCUT2D eigenvalue weighted by atomic mass is 16.5. The molecule has 0 saturated heterocycles. The zero-order chi connectivity index (χ0) is 20.1. The number of benzene rings is 2. The van der Waals surface area contributed by atoms with Crippen LogP contribution in [0.1, 0.15) is 10.5 Å². The van der Waals surface area contributed by atoms with E-state index in [0.29, 0.717) is 17.9 Å². The van der Waals surface area contributed by atoms with Crippen molar-refractivity contribution in [3.05, 3.63) is 66.5 Å². The van der Waals surface area contributed by atoms with Gasteiger partial charge in [0, 0.05) is 23.7 Å². The topological polar surface area (TPSA) is 84.2 Å². The van der Waals surface area contributed by atoms with Crippen LogP contribution in [0.3, 0.4) is 0 Å². The summed E-state index contributed by atoms with van der Waals surface area (Å²) in [5, 5.41) is 14.2. The highest BCUT2D eigenvalue weighted by molar-refractivity contribution is 6.00. The zero-order valence-electron chi connectivity index (χ0n) is 15.7. The number of hydrogen-bond donors (Lipinski definition) is 1. The third-order valence-electron chi connectivity index (χ3n) is 4.33. The number of rotatable bonds is 6. The molecule has 3 aromatic rings. The lowest BCUT2D eigenvalue weighted by atomic mass is 10.00. The summed E-state index contributed by atoms with van der Waals surface area (Å²) >= 11 is 0. The lowest BCUT2D eigenvalue weighted by Crippen LogP contribution is -2.05. The normalized spacial score (nSPS) is 10.2. The van der Waals surface area contributed by atoms with Crippen molar-refractivity contribution < 1.29 is 14.3 Å². The molecule has 140 valence electrons. The summed E-state index contributed by atoms with van der Waals surface area (Å²) in [5.74, 6) is 0.182. The fraction of sp³-hybridized carbons (Fsp3) is 0.136. The van der Waals surface area contributed by atoms with Crippen LogP contribution in [0.5, 0.6) is 5.75 Å². The van der Waals surface area contributed by atoms with Crippen molar-refractivity contribution in [1.82, 2.24) is 4.98 Å². The van der Waals surface area contributed by atoms with E-state index < -0.39 is 5.97 Å². The summed E-state index contributed by atoms with van der Waals surface area (Å²) < 4.78 is 10.2. The van der Waals surface area contributed by atoms with Crippen molar-refractivity contribution in [3.63, 3.8) is 0 Å². The second-order valence-electron chi connectivity index (χ2n) is 6.07. The van der Waals surface area contributed by atoms with Gasteiger partial charge in [-0.15, -0.1) is 0 Å². The van der Waals surface area contributed by atoms with Crippen LogP contribution < -0.4 is 10.1 Å². The fourth-order valence-electron chi connectivity index (χ4n) is 2.89. The molecule has 3 rings (SSSR count). The van der Waals surface area contributed by atoms with Gasteiger partial charge in [-0.3, -0.25) is 0 Å². The quantitative estimate of drug-likeness (QED) is 0.515. The number of nitrogens with zero attached hydrogens (tertiary/aromatic N) is 2. The van der Waals surface area contributed by atoms with E-state index in [4.69, 9.17) is 14.7 Å². The minimum atomic E-state index is -0.485. The molecule has 0 aliphatic heterocycles. The van der Waals surface area contributed by atoms with Crippen molar-refractivity contribution in [1.29, 1.82) is 5.26 Å². The van der Waals surface area contributed by atoms with Gasteiger partial charge in [0.25, 0.3) is 0 Å². The average Bonchev–Trinajstić information content (AvgIpc) is 2.76. The number of fused-ring (bicyclic) bond motifs is 1. The molecule has 0 radical (unpaired) electrons. The maximum absolute atomic E-state index is 11.8. The molecule has 0 spiro atoms. The van der Waals surface area contributed by atoms with E-state index in [1.165, 1.54) is 7.11 Å².